The maximum atomic E-state index is 13.3. The first kappa shape index (κ1) is 21.3. The van der Waals surface area contributed by atoms with Crippen LogP contribution in [-0.4, -0.2) is 48.6 Å². The lowest BCUT2D eigenvalue weighted by Gasteiger charge is -2.21. The van der Waals surface area contributed by atoms with Gasteiger partial charge in [-0.25, -0.2) is 0 Å². The lowest BCUT2D eigenvalue weighted by molar-refractivity contribution is -0.137. The Morgan fingerprint density at radius 2 is 1.93 bits per heavy atom. The molecule has 1 aromatic carbocycles. The van der Waals surface area contributed by atoms with Crippen molar-refractivity contribution in [1.82, 2.24) is 9.88 Å². The highest BCUT2D eigenvalue weighted by Crippen LogP contribution is 2.37. The fraction of sp³-hybridized carbons (Fsp3) is 0.381. The van der Waals surface area contributed by atoms with E-state index in [9.17, 15) is 13.2 Å². The molecule has 0 aliphatic carbocycles. The highest BCUT2D eigenvalue weighted by Gasteiger charge is 2.34. The number of nitrogens with zero attached hydrogens (tertiary/aromatic N) is 3. The molecular formula is C21H24F3N4O. The van der Waals surface area contributed by atoms with Crippen molar-refractivity contribution in [3.05, 3.63) is 54.2 Å². The van der Waals surface area contributed by atoms with E-state index in [1.807, 2.05) is 0 Å². The van der Waals surface area contributed by atoms with Gasteiger partial charge in [-0.05, 0) is 31.3 Å². The predicted molar refractivity (Wildman–Crippen MR) is 108 cm³/mol. The predicted octanol–water partition coefficient (Wildman–Crippen LogP) is 4.46. The quantitative estimate of drug-likeness (QED) is 0.659. The molecule has 155 valence electrons. The van der Waals surface area contributed by atoms with Crippen molar-refractivity contribution in [3.8, 4) is 11.3 Å². The Morgan fingerprint density at radius 1 is 1.14 bits per heavy atom. The largest absolute Gasteiger partial charge is 0.418 e. The number of anilines is 1. The summed E-state index contributed by atoms with van der Waals surface area (Å²) in [7, 11) is 0. The minimum Gasteiger partial charge on any atom is -0.372 e. The Labute approximate surface area is 168 Å². The number of hydrogen-bond acceptors (Lipinski definition) is 5. The normalized spacial score (nSPS) is 13.8. The van der Waals surface area contributed by atoms with Crippen molar-refractivity contribution >= 4 is 11.5 Å². The number of fused-ring (bicyclic) bond motifs is 1. The molecule has 0 unspecified atom stereocenters. The summed E-state index contributed by atoms with van der Waals surface area (Å²) in [6.45, 7) is 9.55. The van der Waals surface area contributed by atoms with Crippen molar-refractivity contribution < 1.29 is 17.9 Å². The second-order valence-corrected chi connectivity index (χ2v) is 6.61. The standard InChI is InChI=1S/C21H24F3N4O/c1-3-28(4-2)10-11-29-14-19-26-13-16-8-7-15(12-18(16)27-19)20-17(21(22,23)24)6-5-9-25-20/h5-9,12-13H,3-4,10-11,14H2,1-2H3,(H,26,27). The molecule has 0 spiro atoms. The first-order chi connectivity index (χ1) is 13.9. The van der Waals surface area contributed by atoms with Crippen LogP contribution in [0.2, 0.25) is 0 Å². The van der Waals surface area contributed by atoms with Crippen molar-refractivity contribution in [1.29, 1.82) is 0 Å². The van der Waals surface area contributed by atoms with Gasteiger partial charge < -0.3 is 15.0 Å². The van der Waals surface area contributed by atoms with Crippen LogP contribution in [0.4, 0.5) is 18.9 Å². The summed E-state index contributed by atoms with van der Waals surface area (Å²) in [5.74, 6) is 0.617. The third kappa shape index (κ3) is 5.33. The summed E-state index contributed by atoms with van der Waals surface area (Å²) in [5.41, 5.74) is 1.02. The van der Waals surface area contributed by atoms with Crippen LogP contribution in [0.3, 0.4) is 0 Å². The number of benzene rings is 1. The molecule has 0 fully saturated rings. The number of nitrogens with one attached hydrogen (secondary N) is 1. The smallest absolute Gasteiger partial charge is 0.372 e. The van der Waals surface area contributed by atoms with E-state index in [2.05, 4.69) is 34.0 Å². The molecule has 0 atom stereocenters. The van der Waals surface area contributed by atoms with Crippen LogP contribution < -0.4 is 5.32 Å². The Hall–Kier alpha value is -2.45. The second kappa shape index (κ2) is 9.37. The van der Waals surface area contributed by atoms with E-state index < -0.39 is 11.7 Å². The van der Waals surface area contributed by atoms with Gasteiger partial charge in [0.15, 0.2) is 0 Å². The highest BCUT2D eigenvalue weighted by molar-refractivity contribution is 6.00. The zero-order chi connectivity index (χ0) is 20.9. The van der Waals surface area contributed by atoms with E-state index in [1.54, 1.807) is 24.7 Å². The molecule has 5 nitrogen and oxygen atoms in total. The number of hydrogen-bond donors (Lipinski definition) is 1. The lowest BCUT2D eigenvalue weighted by atomic mass is 10.0. The summed E-state index contributed by atoms with van der Waals surface area (Å²) in [6.07, 6.45) is -3.11. The fourth-order valence-electron chi connectivity index (χ4n) is 3.10. The van der Waals surface area contributed by atoms with Gasteiger partial charge in [-0.3, -0.25) is 9.98 Å². The Morgan fingerprint density at radius 3 is 2.66 bits per heavy atom. The maximum Gasteiger partial charge on any atom is 0.418 e. The van der Waals surface area contributed by atoms with Crippen LogP contribution in [-0.2, 0) is 10.9 Å². The van der Waals surface area contributed by atoms with Gasteiger partial charge in [0.2, 0.25) is 0 Å². The molecule has 2 heterocycles. The summed E-state index contributed by atoms with van der Waals surface area (Å²) >= 11 is 0. The van der Waals surface area contributed by atoms with Crippen LogP contribution in [0.5, 0.6) is 0 Å². The molecule has 1 aromatic heterocycles. The number of alkyl halides is 3. The number of ether oxygens (including phenoxy) is 1. The number of aliphatic imine (C=N–C) groups is 1. The molecule has 0 saturated heterocycles. The van der Waals surface area contributed by atoms with Gasteiger partial charge in [0.05, 0.1) is 17.9 Å². The number of amidine groups is 1. The van der Waals surface area contributed by atoms with Crippen LogP contribution in [0.1, 0.15) is 25.0 Å². The molecule has 3 rings (SSSR count). The molecule has 1 radical (unpaired) electrons. The van der Waals surface area contributed by atoms with E-state index in [0.29, 0.717) is 30.3 Å². The summed E-state index contributed by atoms with van der Waals surface area (Å²) in [4.78, 5) is 10.6. The van der Waals surface area contributed by atoms with Crippen LogP contribution >= 0.6 is 0 Å². The lowest BCUT2D eigenvalue weighted by Crippen LogP contribution is -2.29. The van der Waals surface area contributed by atoms with E-state index in [4.69, 9.17) is 4.74 Å². The van der Waals surface area contributed by atoms with Crippen molar-refractivity contribution in [2.45, 2.75) is 20.0 Å². The third-order valence-corrected chi connectivity index (χ3v) is 4.76. The summed E-state index contributed by atoms with van der Waals surface area (Å²) < 4.78 is 45.6. The fourth-order valence-corrected chi connectivity index (χ4v) is 3.10. The average molecular weight is 405 g/mol. The zero-order valence-electron chi connectivity index (χ0n) is 16.5. The zero-order valence-corrected chi connectivity index (χ0v) is 16.5. The molecule has 0 bridgehead atoms. The van der Waals surface area contributed by atoms with Crippen LogP contribution in [0.25, 0.3) is 11.3 Å². The van der Waals surface area contributed by atoms with Crippen LogP contribution in [0.15, 0.2) is 41.5 Å². The van der Waals surface area contributed by atoms with Gasteiger partial charge in [-0.2, -0.15) is 13.2 Å². The van der Waals surface area contributed by atoms with Crippen molar-refractivity contribution in [2.24, 2.45) is 4.99 Å². The molecule has 1 aliphatic rings. The monoisotopic (exact) mass is 405 g/mol. The van der Waals surface area contributed by atoms with Gasteiger partial charge in [-0.15, -0.1) is 0 Å². The molecule has 0 amide bonds. The number of halogens is 3. The SMILES string of the molecule is CCN(CC)CCOCC1=N[CH]c2ccc(-c3ncccc3C(F)(F)F)cc2N1. The number of rotatable bonds is 8. The molecule has 0 saturated carbocycles. The van der Waals surface area contributed by atoms with E-state index >= 15 is 0 Å². The molecule has 1 aliphatic heterocycles. The van der Waals surface area contributed by atoms with E-state index in [1.165, 1.54) is 12.3 Å². The van der Waals surface area contributed by atoms with E-state index in [0.717, 1.165) is 31.3 Å². The Bertz CT molecular complexity index is 863. The molecule has 29 heavy (non-hydrogen) atoms. The second-order valence-electron chi connectivity index (χ2n) is 6.61. The third-order valence-electron chi connectivity index (χ3n) is 4.76. The van der Waals surface area contributed by atoms with Gasteiger partial charge in [0.1, 0.15) is 19.0 Å². The number of pyridine rings is 1. The minimum atomic E-state index is -4.47. The van der Waals surface area contributed by atoms with Crippen molar-refractivity contribution in [2.75, 3.05) is 38.2 Å². The summed E-state index contributed by atoms with van der Waals surface area (Å²) in [5, 5.41) is 3.15. The van der Waals surface area contributed by atoms with Crippen LogP contribution in [0, 0.1) is 6.54 Å². The molecule has 1 N–H and O–H groups in total. The topological polar surface area (TPSA) is 49.8 Å². The maximum absolute atomic E-state index is 13.3. The molecule has 2 aromatic rings. The average Bonchev–Trinajstić information content (AvgIpc) is 2.72. The Balaban J connectivity index is 1.69. The Kier molecular flexibility index (Phi) is 6.87. The van der Waals surface area contributed by atoms with Gasteiger partial charge >= 0.3 is 6.18 Å². The number of aromatic nitrogens is 1. The molecule has 8 heteroatoms. The minimum absolute atomic E-state index is 0.0934. The summed E-state index contributed by atoms with van der Waals surface area (Å²) in [6, 6.07) is 7.34. The highest BCUT2D eigenvalue weighted by atomic mass is 19.4. The molecular weight excluding hydrogens is 381 g/mol. The van der Waals surface area contributed by atoms with E-state index in [-0.39, 0.29) is 5.69 Å². The van der Waals surface area contributed by atoms with Gasteiger partial charge in [0.25, 0.3) is 0 Å². The van der Waals surface area contributed by atoms with Gasteiger partial charge in [0, 0.05) is 29.6 Å². The number of likely N-dealkylation sites (N-methyl/N-ethyl adjacent to an activating group) is 1. The van der Waals surface area contributed by atoms with Gasteiger partial charge in [-0.1, -0.05) is 26.0 Å². The first-order valence-corrected chi connectivity index (χ1v) is 9.56. The van der Waals surface area contributed by atoms with Crippen molar-refractivity contribution in [3.63, 3.8) is 0 Å². The first-order valence-electron chi connectivity index (χ1n) is 9.56.